The summed E-state index contributed by atoms with van der Waals surface area (Å²) in [6.07, 6.45) is 0. The molecule has 0 spiro atoms. The predicted octanol–water partition coefficient (Wildman–Crippen LogP) is 2.53. The number of carbonyl (C=O) groups is 1. The lowest BCUT2D eigenvalue weighted by molar-refractivity contribution is -0.384. The van der Waals surface area contributed by atoms with Crippen LogP contribution in [0.25, 0.3) is 0 Å². The molecular weight excluding hydrogens is 330 g/mol. The van der Waals surface area contributed by atoms with Crippen LogP contribution in [0.15, 0.2) is 23.2 Å². The monoisotopic (exact) mass is 345 g/mol. The number of aryl methyl sites for hydroxylation is 1. The van der Waals surface area contributed by atoms with Gasteiger partial charge in [-0.05, 0) is 18.6 Å². The number of carbonyl (C=O) groups excluding carboxylic acids is 1. The molecule has 120 valence electrons. The van der Waals surface area contributed by atoms with E-state index in [-0.39, 0.29) is 30.1 Å². The van der Waals surface area contributed by atoms with Crippen molar-refractivity contribution in [2.45, 2.75) is 13.0 Å². The third-order valence-electron chi connectivity index (χ3n) is 3.22. The molecule has 0 unspecified atom stereocenters. The number of hydrogen-bond acceptors (Lipinski definition) is 6. The number of thioether (sulfide) groups is 1. The number of rotatable bonds is 3. The summed E-state index contributed by atoms with van der Waals surface area (Å²) in [7, 11) is 3.14. The van der Waals surface area contributed by atoms with Gasteiger partial charge in [-0.15, -0.1) is 12.4 Å². The molecule has 0 bridgehead atoms. The zero-order valence-electron chi connectivity index (χ0n) is 12.3. The molecule has 0 saturated carbocycles. The van der Waals surface area contributed by atoms with E-state index >= 15 is 0 Å². The fourth-order valence-electron chi connectivity index (χ4n) is 1.96. The number of likely N-dealkylation sites (N-methyl/N-ethyl adjacent to an activating group) is 1. The first kappa shape index (κ1) is 18.2. The highest BCUT2D eigenvalue weighted by atomic mass is 35.5. The van der Waals surface area contributed by atoms with E-state index in [9.17, 15) is 14.9 Å². The summed E-state index contributed by atoms with van der Waals surface area (Å²) in [6, 6.07) is 4.16. The van der Waals surface area contributed by atoms with E-state index in [1.54, 1.807) is 24.9 Å². The number of nitro groups is 1. The van der Waals surface area contributed by atoms with Gasteiger partial charge in [-0.25, -0.2) is 9.79 Å². The fourth-order valence-corrected chi connectivity index (χ4v) is 3.12. The Morgan fingerprint density at radius 2 is 2.23 bits per heavy atom. The van der Waals surface area contributed by atoms with Crippen LogP contribution in [-0.4, -0.2) is 46.9 Å². The molecule has 1 aromatic rings. The summed E-state index contributed by atoms with van der Waals surface area (Å²) in [6.45, 7) is 1.77. The Morgan fingerprint density at radius 1 is 1.55 bits per heavy atom. The molecule has 1 aliphatic heterocycles. The quantitative estimate of drug-likeness (QED) is 0.475. The number of amidine groups is 1. The zero-order valence-corrected chi connectivity index (χ0v) is 13.9. The second kappa shape index (κ2) is 7.46. The van der Waals surface area contributed by atoms with E-state index in [0.717, 1.165) is 0 Å². The molecule has 1 saturated heterocycles. The van der Waals surface area contributed by atoms with Crippen molar-refractivity contribution in [3.05, 3.63) is 33.9 Å². The lowest BCUT2D eigenvalue weighted by Crippen LogP contribution is -2.37. The Bertz CT molecular complexity index is 623. The Labute approximate surface area is 138 Å². The first-order valence-electron chi connectivity index (χ1n) is 6.21. The van der Waals surface area contributed by atoms with Gasteiger partial charge in [-0.2, -0.15) is 0 Å². The SMILES string of the molecule is COC(=O)[C@H]1CSC(=Nc2ccc([N+](=O)[O-])cc2C)N1C.Cl. The lowest BCUT2D eigenvalue weighted by Gasteiger charge is -2.18. The lowest BCUT2D eigenvalue weighted by atomic mass is 10.2. The molecule has 22 heavy (non-hydrogen) atoms. The van der Waals surface area contributed by atoms with Gasteiger partial charge in [0.15, 0.2) is 5.17 Å². The molecule has 1 heterocycles. The van der Waals surface area contributed by atoms with Gasteiger partial charge in [0.05, 0.1) is 17.7 Å². The smallest absolute Gasteiger partial charge is 0.329 e. The topological polar surface area (TPSA) is 85.0 Å². The standard InChI is InChI=1S/C13H15N3O4S.ClH/c1-8-6-9(16(18)19)4-5-10(8)14-13-15(2)11(7-21-13)12(17)20-3;/h4-6,11H,7H2,1-3H3;1H/t11-;/m1./s1. The highest BCUT2D eigenvalue weighted by molar-refractivity contribution is 8.14. The van der Waals surface area contributed by atoms with Crippen molar-refractivity contribution in [1.82, 2.24) is 4.90 Å². The van der Waals surface area contributed by atoms with Gasteiger partial charge < -0.3 is 9.64 Å². The summed E-state index contributed by atoms with van der Waals surface area (Å²) >= 11 is 1.46. The number of methoxy groups -OCH3 is 1. The number of esters is 1. The molecule has 7 nitrogen and oxygen atoms in total. The van der Waals surface area contributed by atoms with E-state index in [1.165, 1.54) is 31.0 Å². The van der Waals surface area contributed by atoms with E-state index in [1.807, 2.05) is 0 Å². The third kappa shape index (κ3) is 3.69. The van der Waals surface area contributed by atoms with Gasteiger partial charge in [-0.3, -0.25) is 10.1 Å². The van der Waals surface area contributed by atoms with Crippen LogP contribution in [0.1, 0.15) is 5.56 Å². The molecule has 0 aliphatic carbocycles. The van der Waals surface area contributed by atoms with Gasteiger partial charge in [0.25, 0.3) is 5.69 Å². The number of nitrogens with zero attached hydrogens (tertiary/aromatic N) is 3. The van der Waals surface area contributed by atoms with Crippen molar-refractivity contribution >= 4 is 46.7 Å². The van der Waals surface area contributed by atoms with Gasteiger partial charge in [-0.1, -0.05) is 11.8 Å². The Balaban J connectivity index is 0.00000242. The van der Waals surface area contributed by atoms with Crippen molar-refractivity contribution in [1.29, 1.82) is 0 Å². The predicted molar refractivity (Wildman–Crippen MR) is 88.2 cm³/mol. The van der Waals surface area contributed by atoms with Crippen LogP contribution in [0.4, 0.5) is 11.4 Å². The molecule has 1 fully saturated rings. The largest absolute Gasteiger partial charge is 0.467 e. The second-order valence-corrected chi connectivity index (χ2v) is 5.57. The van der Waals surface area contributed by atoms with Crippen LogP contribution in [0.2, 0.25) is 0 Å². The average molecular weight is 346 g/mol. The van der Waals surface area contributed by atoms with E-state index < -0.39 is 4.92 Å². The summed E-state index contributed by atoms with van der Waals surface area (Å²) in [5.74, 6) is 0.282. The van der Waals surface area contributed by atoms with Crippen LogP contribution in [0, 0.1) is 17.0 Å². The van der Waals surface area contributed by atoms with Crippen LogP contribution in [-0.2, 0) is 9.53 Å². The maximum Gasteiger partial charge on any atom is 0.329 e. The molecule has 0 amide bonds. The van der Waals surface area contributed by atoms with Crippen molar-refractivity contribution in [3.8, 4) is 0 Å². The van der Waals surface area contributed by atoms with Gasteiger partial charge in [0, 0.05) is 24.9 Å². The molecule has 9 heteroatoms. The van der Waals surface area contributed by atoms with E-state index in [0.29, 0.717) is 22.2 Å². The highest BCUT2D eigenvalue weighted by Crippen LogP contribution is 2.29. The number of hydrogen-bond donors (Lipinski definition) is 0. The Hall–Kier alpha value is -1.80. The Morgan fingerprint density at radius 3 is 2.77 bits per heavy atom. The maximum absolute atomic E-state index is 11.6. The van der Waals surface area contributed by atoms with Crippen molar-refractivity contribution in [3.63, 3.8) is 0 Å². The summed E-state index contributed by atoms with van der Waals surface area (Å²) in [5.41, 5.74) is 1.41. The van der Waals surface area contributed by atoms with Crippen LogP contribution in [0.3, 0.4) is 0 Å². The highest BCUT2D eigenvalue weighted by Gasteiger charge is 2.33. The van der Waals surface area contributed by atoms with Crippen molar-refractivity contribution in [2.75, 3.05) is 19.9 Å². The molecule has 1 atom stereocenters. The molecular formula is C13H16ClN3O4S. The fraction of sp³-hybridized carbons (Fsp3) is 0.385. The summed E-state index contributed by atoms with van der Waals surface area (Å²) in [5, 5.41) is 11.4. The average Bonchev–Trinajstić information content (AvgIpc) is 2.81. The zero-order chi connectivity index (χ0) is 15.6. The number of non-ortho nitro benzene ring substituents is 1. The van der Waals surface area contributed by atoms with E-state index in [2.05, 4.69) is 4.99 Å². The van der Waals surface area contributed by atoms with Crippen molar-refractivity contribution in [2.24, 2.45) is 4.99 Å². The second-order valence-electron chi connectivity index (χ2n) is 4.58. The third-order valence-corrected chi connectivity index (χ3v) is 4.34. The number of nitro benzene ring substituents is 1. The molecule has 0 N–H and O–H groups in total. The van der Waals surface area contributed by atoms with Crippen LogP contribution < -0.4 is 0 Å². The minimum atomic E-state index is -0.437. The number of halogens is 1. The normalized spacial score (nSPS) is 19.0. The summed E-state index contributed by atoms with van der Waals surface area (Å²) < 4.78 is 4.74. The van der Waals surface area contributed by atoms with Crippen LogP contribution in [0.5, 0.6) is 0 Å². The molecule has 1 aliphatic rings. The number of benzene rings is 1. The first-order valence-corrected chi connectivity index (χ1v) is 7.19. The maximum atomic E-state index is 11.6. The number of ether oxygens (including phenoxy) is 1. The molecule has 2 rings (SSSR count). The first-order chi connectivity index (χ1) is 9.93. The van der Waals surface area contributed by atoms with Crippen LogP contribution >= 0.6 is 24.2 Å². The van der Waals surface area contributed by atoms with Gasteiger partial charge >= 0.3 is 5.97 Å². The Kier molecular flexibility index (Phi) is 6.19. The number of aliphatic imine (C=N–C) groups is 1. The van der Waals surface area contributed by atoms with Gasteiger partial charge in [0.1, 0.15) is 6.04 Å². The minimum absolute atomic E-state index is 0. The molecule has 0 radical (unpaired) electrons. The molecule has 1 aromatic carbocycles. The van der Waals surface area contributed by atoms with Gasteiger partial charge in [0.2, 0.25) is 0 Å². The molecule has 0 aromatic heterocycles. The van der Waals surface area contributed by atoms with Crippen molar-refractivity contribution < 1.29 is 14.5 Å². The summed E-state index contributed by atoms with van der Waals surface area (Å²) in [4.78, 5) is 28.1. The van der Waals surface area contributed by atoms with E-state index in [4.69, 9.17) is 4.74 Å². The minimum Gasteiger partial charge on any atom is -0.467 e.